The van der Waals surface area contributed by atoms with Crippen LogP contribution >= 0.6 is 15.9 Å². The highest BCUT2D eigenvalue weighted by Gasteiger charge is 2.16. The average Bonchev–Trinajstić information content (AvgIpc) is 2.98. The highest BCUT2D eigenvalue weighted by Crippen LogP contribution is 2.23. The second kappa shape index (κ2) is 5.10. The molecule has 3 aromatic rings. The number of rotatable bonds is 3. The van der Waals surface area contributed by atoms with Crippen molar-refractivity contribution in [2.75, 3.05) is 0 Å². The zero-order valence-electron chi connectivity index (χ0n) is 11.4. The summed E-state index contributed by atoms with van der Waals surface area (Å²) in [7, 11) is 0. The van der Waals surface area contributed by atoms with Crippen LogP contribution in [0.2, 0.25) is 0 Å². The van der Waals surface area contributed by atoms with E-state index in [-0.39, 0.29) is 22.6 Å². The van der Waals surface area contributed by atoms with Crippen molar-refractivity contribution in [3.05, 3.63) is 45.1 Å². The minimum atomic E-state index is -0.555. The Morgan fingerprint density at radius 1 is 1.43 bits per heavy atom. The van der Waals surface area contributed by atoms with Crippen molar-refractivity contribution in [2.45, 2.75) is 26.4 Å². The standard InChI is InChI=1S/C13H12BrFN4O2/c1-7(2)19-12(16-6-17-19)5-18-10-3-8(14)9(15)4-11(10)21-13(18)20/h3-4,6-7H,5H2,1-2H3. The van der Waals surface area contributed by atoms with E-state index >= 15 is 0 Å². The minimum Gasteiger partial charge on any atom is -0.408 e. The third-order valence-electron chi connectivity index (χ3n) is 3.15. The summed E-state index contributed by atoms with van der Waals surface area (Å²) in [6, 6.07) is 2.83. The molecule has 110 valence electrons. The van der Waals surface area contributed by atoms with E-state index in [9.17, 15) is 9.18 Å². The number of aromatic nitrogens is 4. The Morgan fingerprint density at radius 3 is 2.90 bits per heavy atom. The van der Waals surface area contributed by atoms with E-state index in [4.69, 9.17) is 4.42 Å². The lowest BCUT2D eigenvalue weighted by molar-refractivity contribution is 0.476. The minimum absolute atomic E-state index is 0.126. The molecule has 0 bridgehead atoms. The summed E-state index contributed by atoms with van der Waals surface area (Å²) in [6.45, 7) is 4.16. The summed E-state index contributed by atoms with van der Waals surface area (Å²) in [4.78, 5) is 16.1. The van der Waals surface area contributed by atoms with Crippen LogP contribution in [-0.4, -0.2) is 19.3 Å². The Bertz CT molecular complexity index is 865. The van der Waals surface area contributed by atoms with Gasteiger partial charge in [-0.25, -0.2) is 18.9 Å². The monoisotopic (exact) mass is 354 g/mol. The summed E-state index contributed by atoms with van der Waals surface area (Å²) in [5, 5.41) is 4.13. The number of oxazole rings is 1. The first kappa shape index (κ1) is 14.0. The molecule has 0 atom stereocenters. The van der Waals surface area contributed by atoms with Gasteiger partial charge < -0.3 is 4.42 Å². The van der Waals surface area contributed by atoms with Crippen molar-refractivity contribution in [3.63, 3.8) is 0 Å². The van der Waals surface area contributed by atoms with Gasteiger partial charge in [-0.05, 0) is 35.8 Å². The molecule has 0 fully saturated rings. The molecule has 0 saturated heterocycles. The molecule has 3 rings (SSSR count). The number of hydrogen-bond acceptors (Lipinski definition) is 4. The Morgan fingerprint density at radius 2 is 2.19 bits per heavy atom. The van der Waals surface area contributed by atoms with Gasteiger partial charge in [0.1, 0.15) is 18.0 Å². The zero-order chi connectivity index (χ0) is 15.1. The fourth-order valence-electron chi connectivity index (χ4n) is 2.17. The lowest BCUT2D eigenvalue weighted by Crippen LogP contribution is -2.19. The first-order valence-electron chi connectivity index (χ1n) is 6.34. The predicted molar refractivity (Wildman–Crippen MR) is 77.6 cm³/mol. The van der Waals surface area contributed by atoms with Gasteiger partial charge in [-0.15, -0.1) is 0 Å². The molecule has 8 heteroatoms. The van der Waals surface area contributed by atoms with Crippen molar-refractivity contribution in [3.8, 4) is 0 Å². The van der Waals surface area contributed by atoms with Crippen molar-refractivity contribution in [1.29, 1.82) is 0 Å². The Kier molecular flexibility index (Phi) is 3.40. The summed E-state index contributed by atoms with van der Waals surface area (Å²) in [5.41, 5.74) is 0.711. The molecule has 0 amide bonds. The molecule has 0 aliphatic rings. The molecule has 0 aliphatic heterocycles. The normalized spacial score (nSPS) is 11.7. The summed E-state index contributed by atoms with van der Waals surface area (Å²) in [6.07, 6.45) is 1.44. The van der Waals surface area contributed by atoms with Crippen LogP contribution in [0.25, 0.3) is 11.1 Å². The quantitative estimate of drug-likeness (QED) is 0.725. The number of benzene rings is 1. The Labute approximate surface area is 127 Å². The van der Waals surface area contributed by atoms with Gasteiger partial charge in [-0.2, -0.15) is 5.10 Å². The highest BCUT2D eigenvalue weighted by molar-refractivity contribution is 9.10. The lowest BCUT2D eigenvalue weighted by Gasteiger charge is -2.09. The number of hydrogen-bond donors (Lipinski definition) is 0. The van der Waals surface area contributed by atoms with Crippen LogP contribution in [0, 0.1) is 5.82 Å². The second-order valence-corrected chi connectivity index (χ2v) is 5.76. The molecular weight excluding hydrogens is 343 g/mol. The third kappa shape index (κ3) is 2.39. The van der Waals surface area contributed by atoms with Crippen LogP contribution in [-0.2, 0) is 6.54 Å². The molecule has 0 radical (unpaired) electrons. The third-order valence-corrected chi connectivity index (χ3v) is 3.75. The van der Waals surface area contributed by atoms with E-state index < -0.39 is 11.6 Å². The van der Waals surface area contributed by atoms with Gasteiger partial charge in [0, 0.05) is 12.1 Å². The van der Waals surface area contributed by atoms with Crippen molar-refractivity contribution in [1.82, 2.24) is 19.3 Å². The molecule has 2 heterocycles. The van der Waals surface area contributed by atoms with Crippen LogP contribution in [0.4, 0.5) is 4.39 Å². The largest absolute Gasteiger partial charge is 0.420 e. The molecule has 0 saturated carbocycles. The highest BCUT2D eigenvalue weighted by atomic mass is 79.9. The van der Waals surface area contributed by atoms with Crippen LogP contribution < -0.4 is 5.76 Å². The van der Waals surface area contributed by atoms with E-state index in [1.54, 1.807) is 4.68 Å². The first-order valence-corrected chi connectivity index (χ1v) is 7.13. The Balaban J connectivity index is 2.12. The maximum atomic E-state index is 13.5. The van der Waals surface area contributed by atoms with Crippen molar-refractivity contribution in [2.24, 2.45) is 0 Å². The summed E-state index contributed by atoms with van der Waals surface area (Å²) >= 11 is 3.11. The van der Waals surface area contributed by atoms with Crippen LogP contribution in [0.3, 0.4) is 0 Å². The van der Waals surface area contributed by atoms with Gasteiger partial charge in [0.15, 0.2) is 5.58 Å². The molecule has 0 spiro atoms. The van der Waals surface area contributed by atoms with Gasteiger partial charge in [0.2, 0.25) is 0 Å². The fraction of sp³-hybridized carbons (Fsp3) is 0.308. The molecule has 1 aromatic carbocycles. The Hall–Kier alpha value is -1.96. The van der Waals surface area contributed by atoms with E-state index in [0.29, 0.717) is 11.3 Å². The van der Waals surface area contributed by atoms with Crippen LogP contribution in [0.15, 0.2) is 32.1 Å². The fourth-order valence-corrected chi connectivity index (χ4v) is 2.50. The van der Waals surface area contributed by atoms with E-state index in [0.717, 1.165) is 0 Å². The van der Waals surface area contributed by atoms with Gasteiger partial charge >= 0.3 is 5.76 Å². The SMILES string of the molecule is CC(C)n1ncnc1Cn1c(=O)oc2cc(F)c(Br)cc21. The van der Waals surface area contributed by atoms with Crippen LogP contribution in [0.1, 0.15) is 25.7 Å². The predicted octanol–water partition coefficient (Wildman–Crippen LogP) is 2.72. The first-order chi connectivity index (χ1) is 9.97. The molecule has 0 aliphatic carbocycles. The summed E-state index contributed by atoms with van der Waals surface area (Å²) < 4.78 is 22.0. The van der Waals surface area contributed by atoms with Crippen molar-refractivity contribution < 1.29 is 8.81 Å². The van der Waals surface area contributed by atoms with Gasteiger partial charge in [-0.3, -0.25) is 4.57 Å². The topological polar surface area (TPSA) is 65.8 Å². The van der Waals surface area contributed by atoms with E-state index in [1.165, 1.54) is 23.0 Å². The van der Waals surface area contributed by atoms with Crippen LogP contribution in [0.5, 0.6) is 0 Å². The number of halogens is 2. The number of nitrogens with zero attached hydrogens (tertiary/aromatic N) is 4. The number of fused-ring (bicyclic) bond motifs is 1. The smallest absolute Gasteiger partial charge is 0.408 e. The van der Waals surface area contributed by atoms with Gasteiger partial charge in [0.05, 0.1) is 16.5 Å². The zero-order valence-corrected chi connectivity index (χ0v) is 13.0. The second-order valence-electron chi connectivity index (χ2n) is 4.90. The molecule has 21 heavy (non-hydrogen) atoms. The maximum absolute atomic E-state index is 13.5. The van der Waals surface area contributed by atoms with E-state index in [2.05, 4.69) is 26.0 Å². The molecule has 2 aromatic heterocycles. The summed E-state index contributed by atoms with van der Waals surface area (Å²) in [5.74, 6) is -0.398. The van der Waals surface area contributed by atoms with Gasteiger partial charge in [0.25, 0.3) is 0 Å². The molecule has 0 unspecified atom stereocenters. The van der Waals surface area contributed by atoms with Gasteiger partial charge in [-0.1, -0.05) is 0 Å². The maximum Gasteiger partial charge on any atom is 0.420 e. The molecular formula is C13H12BrFN4O2. The van der Waals surface area contributed by atoms with Crippen molar-refractivity contribution >= 4 is 27.0 Å². The molecule has 0 N–H and O–H groups in total. The lowest BCUT2D eigenvalue weighted by atomic mass is 10.3. The average molecular weight is 355 g/mol. The molecule has 6 nitrogen and oxygen atoms in total. The van der Waals surface area contributed by atoms with E-state index in [1.807, 2.05) is 13.8 Å².